The maximum Gasteiger partial charge on any atom is 0.347 e. The van der Waals surface area contributed by atoms with Crippen molar-refractivity contribution in [3.63, 3.8) is 0 Å². The molecule has 0 fully saturated rings. The van der Waals surface area contributed by atoms with E-state index in [0.717, 1.165) is 6.20 Å². The number of ether oxygens (including phenoxy) is 2. The standard InChI is InChI=1S/C10H16N2O5/c1-4-16-8(13)7(9(14)17-5-2)6-12-10(15)11-3/h6H,4-5H2,1-3H3,(H2,11,12,15). The van der Waals surface area contributed by atoms with Gasteiger partial charge in [-0.05, 0) is 13.8 Å². The highest BCUT2D eigenvalue weighted by atomic mass is 16.6. The second kappa shape index (κ2) is 8.14. The Morgan fingerprint density at radius 1 is 1.06 bits per heavy atom. The summed E-state index contributed by atoms with van der Waals surface area (Å²) in [5.74, 6) is -1.69. The van der Waals surface area contributed by atoms with E-state index in [0.29, 0.717) is 0 Å². The molecule has 0 spiro atoms. The number of carbonyl (C=O) groups excluding carboxylic acids is 3. The molecule has 0 atom stereocenters. The first-order chi connectivity index (χ1) is 8.06. The Kier molecular flexibility index (Phi) is 7.16. The van der Waals surface area contributed by atoms with Crippen LogP contribution in [0.2, 0.25) is 0 Å². The van der Waals surface area contributed by atoms with Gasteiger partial charge in [-0.2, -0.15) is 0 Å². The van der Waals surface area contributed by atoms with Crippen LogP contribution < -0.4 is 10.6 Å². The lowest BCUT2D eigenvalue weighted by atomic mass is 10.3. The quantitative estimate of drug-likeness (QED) is 0.305. The molecule has 0 radical (unpaired) electrons. The van der Waals surface area contributed by atoms with Crippen molar-refractivity contribution in [2.45, 2.75) is 13.8 Å². The molecule has 0 rings (SSSR count). The first-order valence-electron chi connectivity index (χ1n) is 5.09. The van der Waals surface area contributed by atoms with Gasteiger partial charge < -0.3 is 20.1 Å². The van der Waals surface area contributed by atoms with Gasteiger partial charge >= 0.3 is 18.0 Å². The molecule has 0 aliphatic rings. The largest absolute Gasteiger partial charge is 0.462 e. The Labute approximate surface area is 99.1 Å². The highest BCUT2D eigenvalue weighted by molar-refractivity contribution is 6.14. The fourth-order valence-electron chi connectivity index (χ4n) is 0.829. The summed E-state index contributed by atoms with van der Waals surface area (Å²) in [4.78, 5) is 33.7. The predicted octanol–water partition coefficient (Wildman–Crippen LogP) is -0.0745. The summed E-state index contributed by atoms with van der Waals surface area (Å²) in [6, 6.07) is -0.559. The minimum absolute atomic E-state index is 0.121. The van der Waals surface area contributed by atoms with E-state index in [4.69, 9.17) is 0 Å². The lowest BCUT2D eigenvalue weighted by Crippen LogP contribution is -2.30. The van der Waals surface area contributed by atoms with Gasteiger partial charge in [0, 0.05) is 13.2 Å². The fourth-order valence-corrected chi connectivity index (χ4v) is 0.829. The average Bonchev–Trinajstić information content (AvgIpc) is 2.29. The van der Waals surface area contributed by atoms with Crippen LogP contribution in [0.25, 0.3) is 0 Å². The van der Waals surface area contributed by atoms with Crippen LogP contribution in [0.1, 0.15) is 13.8 Å². The zero-order chi connectivity index (χ0) is 13.3. The van der Waals surface area contributed by atoms with Crippen LogP contribution in [0.4, 0.5) is 4.79 Å². The first kappa shape index (κ1) is 14.9. The highest BCUT2D eigenvalue weighted by Gasteiger charge is 2.21. The number of hydrogen-bond acceptors (Lipinski definition) is 5. The van der Waals surface area contributed by atoms with Crippen molar-refractivity contribution in [2.24, 2.45) is 0 Å². The van der Waals surface area contributed by atoms with Gasteiger partial charge in [0.15, 0.2) is 5.57 Å². The maximum atomic E-state index is 11.4. The molecule has 7 heteroatoms. The molecule has 0 bridgehead atoms. The molecule has 0 aromatic carbocycles. The number of urea groups is 1. The third-order valence-corrected chi connectivity index (χ3v) is 1.57. The zero-order valence-electron chi connectivity index (χ0n) is 10.0. The van der Waals surface area contributed by atoms with E-state index in [1.807, 2.05) is 0 Å². The Morgan fingerprint density at radius 2 is 1.53 bits per heavy atom. The summed E-state index contributed by atoms with van der Waals surface area (Å²) in [7, 11) is 1.40. The summed E-state index contributed by atoms with van der Waals surface area (Å²) in [6.07, 6.45) is 0.953. The van der Waals surface area contributed by atoms with E-state index >= 15 is 0 Å². The molecule has 0 aliphatic heterocycles. The normalized spacial score (nSPS) is 8.88. The summed E-state index contributed by atoms with van der Waals surface area (Å²) in [6.45, 7) is 3.45. The Hall–Kier alpha value is -2.05. The lowest BCUT2D eigenvalue weighted by Gasteiger charge is -2.06. The van der Waals surface area contributed by atoms with Crippen molar-refractivity contribution in [3.8, 4) is 0 Å². The van der Waals surface area contributed by atoms with Gasteiger partial charge in [0.25, 0.3) is 0 Å². The van der Waals surface area contributed by atoms with Gasteiger partial charge in [-0.1, -0.05) is 0 Å². The van der Waals surface area contributed by atoms with Gasteiger partial charge in [0.05, 0.1) is 13.2 Å². The third-order valence-electron chi connectivity index (χ3n) is 1.57. The molecule has 0 saturated carbocycles. The highest BCUT2D eigenvalue weighted by Crippen LogP contribution is 2.00. The van der Waals surface area contributed by atoms with E-state index in [1.165, 1.54) is 7.05 Å². The molecule has 96 valence electrons. The molecular weight excluding hydrogens is 228 g/mol. The van der Waals surface area contributed by atoms with Crippen molar-refractivity contribution in [3.05, 3.63) is 11.8 Å². The van der Waals surface area contributed by atoms with Crippen molar-refractivity contribution in [2.75, 3.05) is 20.3 Å². The first-order valence-corrected chi connectivity index (χ1v) is 5.09. The summed E-state index contributed by atoms with van der Waals surface area (Å²) in [5, 5.41) is 4.46. The van der Waals surface area contributed by atoms with E-state index < -0.39 is 18.0 Å². The van der Waals surface area contributed by atoms with Gasteiger partial charge in [-0.25, -0.2) is 14.4 Å². The number of hydrogen-bond donors (Lipinski definition) is 2. The average molecular weight is 244 g/mol. The van der Waals surface area contributed by atoms with Crippen LogP contribution in [0, 0.1) is 0 Å². The predicted molar refractivity (Wildman–Crippen MR) is 58.9 cm³/mol. The molecule has 0 saturated heterocycles. The monoisotopic (exact) mass is 244 g/mol. The maximum absolute atomic E-state index is 11.4. The molecule has 2 amide bonds. The molecule has 0 aromatic heterocycles. The number of esters is 2. The molecular formula is C10H16N2O5. The molecule has 2 N–H and O–H groups in total. The zero-order valence-corrected chi connectivity index (χ0v) is 10.0. The van der Waals surface area contributed by atoms with E-state index in [-0.39, 0.29) is 18.8 Å². The third kappa shape index (κ3) is 5.55. The van der Waals surface area contributed by atoms with Crippen LogP contribution in [0.15, 0.2) is 11.8 Å². The minimum Gasteiger partial charge on any atom is -0.462 e. The van der Waals surface area contributed by atoms with E-state index in [2.05, 4.69) is 20.1 Å². The number of rotatable bonds is 5. The van der Waals surface area contributed by atoms with Crippen LogP contribution in [0.3, 0.4) is 0 Å². The second-order valence-electron chi connectivity index (χ2n) is 2.72. The second-order valence-corrected chi connectivity index (χ2v) is 2.72. The van der Waals surface area contributed by atoms with Crippen molar-refractivity contribution in [1.29, 1.82) is 0 Å². The Balaban J connectivity index is 4.77. The summed E-state index contributed by atoms with van der Waals surface area (Å²) in [5.41, 5.74) is -0.364. The van der Waals surface area contributed by atoms with Crippen LogP contribution in [-0.2, 0) is 19.1 Å². The molecule has 0 heterocycles. The SMILES string of the molecule is CCOC(=O)C(=CNC(=O)NC)C(=O)OCC. The van der Waals surface area contributed by atoms with Crippen molar-refractivity contribution >= 4 is 18.0 Å². The van der Waals surface area contributed by atoms with Crippen molar-refractivity contribution in [1.82, 2.24) is 10.6 Å². The van der Waals surface area contributed by atoms with Crippen LogP contribution >= 0.6 is 0 Å². The van der Waals surface area contributed by atoms with E-state index in [9.17, 15) is 14.4 Å². The molecule has 0 aliphatic carbocycles. The summed E-state index contributed by atoms with van der Waals surface area (Å²) < 4.78 is 9.32. The van der Waals surface area contributed by atoms with E-state index in [1.54, 1.807) is 13.8 Å². The fraction of sp³-hybridized carbons (Fsp3) is 0.500. The number of carbonyl (C=O) groups is 3. The van der Waals surface area contributed by atoms with Gasteiger partial charge in [0.1, 0.15) is 0 Å². The molecule has 17 heavy (non-hydrogen) atoms. The molecule has 0 aromatic rings. The van der Waals surface area contributed by atoms with Crippen LogP contribution in [0.5, 0.6) is 0 Å². The number of amides is 2. The Morgan fingerprint density at radius 3 is 1.88 bits per heavy atom. The number of nitrogens with one attached hydrogen (secondary N) is 2. The Bertz CT molecular complexity index is 305. The van der Waals surface area contributed by atoms with Crippen molar-refractivity contribution < 1.29 is 23.9 Å². The van der Waals surface area contributed by atoms with Crippen LogP contribution in [-0.4, -0.2) is 38.2 Å². The minimum atomic E-state index is -0.845. The molecule has 0 unspecified atom stereocenters. The van der Waals surface area contributed by atoms with Gasteiger partial charge in [-0.3, -0.25) is 0 Å². The van der Waals surface area contributed by atoms with Gasteiger partial charge in [0.2, 0.25) is 0 Å². The molecule has 7 nitrogen and oxygen atoms in total. The summed E-state index contributed by atoms with van der Waals surface area (Å²) >= 11 is 0. The van der Waals surface area contributed by atoms with Gasteiger partial charge in [-0.15, -0.1) is 0 Å². The smallest absolute Gasteiger partial charge is 0.347 e. The lowest BCUT2D eigenvalue weighted by molar-refractivity contribution is -0.146. The topological polar surface area (TPSA) is 93.7 Å².